The molecule has 0 bridgehead atoms. The molecule has 0 aromatic heterocycles. The highest BCUT2D eigenvalue weighted by molar-refractivity contribution is 5.96. The van der Waals surface area contributed by atoms with Crippen LogP contribution in [0.4, 0.5) is 5.69 Å². The second-order valence-electron chi connectivity index (χ2n) is 5.35. The second kappa shape index (κ2) is 8.75. The van der Waals surface area contributed by atoms with E-state index in [1.54, 1.807) is 6.07 Å². The highest BCUT2D eigenvalue weighted by atomic mass is 16.5. The fourth-order valence-corrected chi connectivity index (χ4v) is 2.31. The van der Waals surface area contributed by atoms with Gasteiger partial charge < -0.3 is 24.3 Å². The van der Waals surface area contributed by atoms with E-state index >= 15 is 0 Å². The van der Waals surface area contributed by atoms with E-state index < -0.39 is 18.5 Å². The molecule has 0 aliphatic carbocycles. The van der Waals surface area contributed by atoms with Crippen LogP contribution in [0.15, 0.2) is 36.4 Å². The number of rotatable bonds is 7. The van der Waals surface area contributed by atoms with Crippen LogP contribution in [-0.2, 0) is 9.53 Å². The van der Waals surface area contributed by atoms with Crippen molar-refractivity contribution in [1.29, 1.82) is 0 Å². The Morgan fingerprint density at radius 3 is 2.12 bits per heavy atom. The van der Waals surface area contributed by atoms with Crippen LogP contribution < -0.4 is 19.5 Å². The lowest BCUT2D eigenvalue weighted by atomic mass is 10.2. The summed E-state index contributed by atoms with van der Waals surface area (Å²) in [6.45, 7) is 1.46. The van der Waals surface area contributed by atoms with Gasteiger partial charge in [0.25, 0.3) is 5.91 Å². The van der Waals surface area contributed by atoms with Crippen LogP contribution in [0.1, 0.15) is 15.9 Å². The minimum absolute atomic E-state index is 0.184. The number of hydrogen-bond donors (Lipinski definition) is 1. The lowest BCUT2D eigenvalue weighted by Crippen LogP contribution is -2.21. The van der Waals surface area contributed by atoms with E-state index in [-0.39, 0.29) is 5.56 Å². The predicted octanol–water partition coefficient (Wildman–Crippen LogP) is 2.82. The highest BCUT2D eigenvalue weighted by Crippen LogP contribution is 2.38. The standard InChI is InChI=1S/C19H21NO6/c1-12-7-5-6-8-14(12)20-17(21)11-26-19(22)13-9-15(23-2)18(25-4)16(10-13)24-3/h5-10H,11H2,1-4H3,(H,20,21). The fraction of sp³-hybridized carbons (Fsp3) is 0.263. The first-order valence-corrected chi connectivity index (χ1v) is 7.82. The number of amides is 1. The van der Waals surface area contributed by atoms with Gasteiger partial charge in [-0.05, 0) is 30.7 Å². The zero-order valence-corrected chi connectivity index (χ0v) is 15.1. The Kier molecular flexibility index (Phi) is 6.43. The summed E-state index contributed by atoms with van der Waals surface area (Å²) in [4.78, 5) is 24.2. The quantitative estimate of drug-likeness (QED) is 0.766. The normalized spacial score (nSPS) is 10.0. The van der Waals surface area contributed by atoms with Crippen LogP contribution >= 0.6 is 0 Å². The summed E-state index contributed by atoms with van der Waals surface area (Å²) in [5, 5.41) is 2.69. The summed E-state index contributed by atoms with van der Waals surface area (Å²) in [5.41, 5.74) is 1.77. The number of benzene rings is 2. The van der Waals surface area contributed by atoms with E-state index in [1.165, 1.54) is 33.5 Å². The van der Waals surface area contributed by atoms with Crippen LogP contribution in [-0.4, -0.2) is 39.8 Å². The Bertz CT molecular complexity index is 777. The first-order chi connectivity index (χ1) is 12.5. The summed E-state index contributed by atoms with van der Waals surface area (Å²) < 4.78 is 20.7. The molecule has 0 aliphatic heterocycles. The van der Waals surface area contributed by atoms with Crippen molar-refractivity contribution in [3.8, 4) is 17.2 Å². The van der Waals surface area contributed by atoms with Crippen molar-refractivity contribution in [2.75, 3.05) is 33.3 Å². The van der Waals surface area contributed by atoms with E-state index in [4.69, 9.17) is 18.9 Å². The minimum Gasteiger partial charge on any atom is -0.493 e. The molecular weight excluding hydrogens is 338 g/mol. The first kappa shape index (κ1) is 19.1. The molecule has 0 fully saturated rings. The van der Waals surface area contributed by atoms with Crippen molar-refractivity contribution in [3.63, 3.8) is 0 Å². The molecule has 0 saturated carbocycles. The van der Waals surface area contributed by atoms with Gasteiger partial charge in [0.15, 0.2) is 18.1 Å². The molecule has 138 valence electrons. The highest BCUT2D eigenvalue weighted by Gasteiger charge is 2.18. The maximum absolute atomic E-state index is 12.3. The van der Waals surface area contributed by atoms with Gasteiger partial charge in [-0.3, -0.25) is 4.79 Å². The Morgan fingerprint density at radius 1 is 0.962 bits per heavy atom. The van der Waals surface area contributed by atoms with Gasteiger partial charge in [0.1, 0.15) is 0 Å². The summed E-state index contributed by atoms with van der Waals surface area (Å²) in [5.74, 6) is -0.0977. The Morgan fingerprint density at radius 2 is 1.58 bits per heavy atom. The summed E-state index contributed by atoms with van der Waals surface area (Å²) in [7, 11) is 4.36. The van der Waals surface area contributed by atoms with Crippen molar-refractivity contribution < 1.29 is 28.5 Å². The molecule has 7 nitrogen and oxygen atoms in total. The number of anilines is 1. The molecule has 2 rings (SSSR count). The summed E-state index contributed by atoms with van der Waals surface area (Å²) in [6, 6.07) is 10.2. The molecule has 2 aromatic rings. The average molecular weight is 359 g/mol. The lowest BCUT2D eigenvalue weighted by Gasteiger charge is -2.14. The van der Waals surface area contributed by atoms with Crippen LogP contribution in [0.3, 0.4) is 0 Å². The molecule has 1 N–H and O–H groups in total. The third-order valence-electron chi connectivity index (χ3n) is 3.65. The molecular formula is C19H21NO6. The molecule has 0 radical (unpaired) electrons. The van der Waals surface area contributed by atoms with Gasteiger partial charge in [0.2, 0.25) is 5.75 Å². The van der Waals surface area contributed by atoms with Crippen molar-refractivity contribution >= 4 is 17.6 Å². The Labute approximate surface area is 151 Å². The number of esters is 1. The molecule has 0 atom stereocenters. The average Bonchev–Trinajstić information content (AvgIpc) is 2.66. The second-order valence-corrected chi connectivity index (χ2v) is 5.35. The van der Waals surface area contributed by atoms with Gasteiger partial charge >= 0.3 is 5.97 Å². The Balaban J connectivity index is 2.05. The largest absolute Gasteiger partial charge is 0.493 e. The van der Waals surface area contributed by atoms with Crippen LogP contribution in [0.2, 0.25) is 0 Å². The van der Waals surface area contributed by atoms with E-state index in [1.807, 2.05) is 25.1 Å². The number of nitrogens with one attached hydrogen (secondary N) is 1. The number of para-hydroxylation sites is 1. The zero-order valence-electron chi connectivity index (χ0n) is 15.1. The molecule has 0 spiro atoms. The van der Waals surface area contributed by atoms with Crippen LogP contribution in [0.5, 0.6) is 17.2 Å². The van der Waals surface area contributed by atoms with Gasteiger partial charge in [-0.2, -0.15) is 0 Å². The van der Waals surface area contributed by atoms with Gasteiger partial charge in [-0.1, -0.05) is 18.2 Å². The molecule has 0 unspecified atom stereocenters. The van der Waals surface area contributed by atoms with Crippen LogP contribution in [0.25, 0.3) is 0 Å². The van der Waals surface area contributed by atoms with Gasteiger partial charge in [-0.25, -0.2) is 4.79 Å². The van der Waals surface area contributed by atoms with Crippen molar-refractivity contribution in [3.05, 3.63) is 47.5 Å². The summed E-state index contributed by atoms with van der Waals surface area (Å²) in [6.07, 6.45) is 0. The summed E-state index contributed by atoms with van der Waals surface area (Å²) >= 11 is 0. The monoisotopic (exact) mass is 359 g/mol. The molecule has 2 aromatic carbocycles. The van der Waals surface area contributed by atoms with Crippen LogP contribution in [0, 0.1) is 6.92 Å². The van der Waals surface area contributed by atoms with Crippen molar-refractivity contribution in [2.45, 2.75) is 6.92 Å². The van der Waals surface area contributed by atoms with Gasteiger partial charge in [-0.15, -0.1) is 0 Å². The zero-order chi connectivity index (χ0) is 19.1. The van der Waals surface area contributed by atoms with Gasteiger partial charge in [0, 0.05) is 5.69 Å². The molecule has 26 heavy (non-hydrogen) atoms. The fourth-order valence-electron chi connectivity index (χ4n) is 2.31. The smallest absolute Gasteiger partial charge is 0.338 e. The maximum atomic E-state index is 12.3. The molecule has 0 heterocycles. The van der Waals surface area contributed by atoms with E-state index in [9.17, 15) is 9.59 Å². The molecule has 0 aliphatic rings. The van der Waals surface area contributed by atoms with Gasteiger partial charge in [0.05, 0.1) is 26.9 Å². The number of ether oxygens (including phenoxy) is 4. The topological polar surface area (TPSA) is 83.1 Å². The number of hydrogen-bond acceptors (Lipinski definition) is 6. The number of carbonyl (C=O) groups is 2. The predicted molar refractivity (Wildman–Crippen MR) is 96.2 cm³/mol. The maximum Gasteiger partial charge on any atom is 0.338 e. The number of carbonyl (C=O) groups excluding carboxylic acids is 2. The van der Waals surface area contributed by atoms with E-state index in [0.717, 1.165) is 5.56 Å². The SMILES string of the molecule is COc1cc(C(=O)OCC(=O)Nc2ccccc2C)cc(OC)c1OC. The van der Waals surface area contributed by atoms with E-state index in [0.29, 0.717) is 22.9 Å². The minimum atomic E-state index is -0.677. The number of methoxy groups -OCH3 is 3. The first-order valence-electron chi connectivity index (χ1n) is 7.82. The molecule has 1 amide bonds. The third-order valence-corrected chi connectivity index (χ3v) is 3.65. The number of aryl methyl sites for hydroxylation is 1. The third kappa shape index (κ3) is 4.44. The molecule has 0 saturated heterocycles. The Hall–Kier alpha value is -3.22. The van der Waals surface area contributed by atoms with E-state index in [2.05, 4.69) is 5.32 Å². The molecule has 7 heteroatoms. The van der Waals surface area contributed by atoms with Crippen molar-refractivity contribution in [1.82, 2.24) is 0 Å². The van der Waals surface area contributed by atoms with Crippen molar-refractivity contribution in [2.24, 2.45) is 0 Å². The lowest BCUT2D eigenvalue weighted by molar-refractivity contribution is -0.119.